The quantitative estimate of drug-likeness (QED) is 0.818. The number of aromatic hydroxyl groups is 1. The average Bonchev–Trinajstić information content (AvgIpc) is 2.66. The zero-order valence-corrected chi connectivity index (χ0v) is 9.68. The summed E-state index contributed by atoms with van der Waals surface area (Å²) >= 11 is 0. The first-order valence-corrected chi connectivity index (χ1v) is 5.21. The molecule has 1 aromatic heterocycles. The van der Waals surface area contributed by atoms with Gasteiger partial charge in [0, 0.05) is 7.05 Å². The third kappa shape index (κ3) is 2.35. The third-order valence-electron chi connectivity index (χ3n) is 2.48. The molecule has 0 aliphatic heterocycles. The molecule has 2 N–H and O–H groups in total. The van der Waals surface area contributed by atoms with E-state index in [-0.39, 0.29) is 17.0 Å². The van der Waals surface area contributed by atoms with E-state index in [4.69, 9.17) is 0 Å². The minimum Gasteiger partial charge on any atom is -0.504 e. The molecule has 0 aliphatic carbocycles. The van der Waals surface area contributed by atoms with E-state index in [1.165, 1.54) is 19.2 Å². The highest BCUT2D eigenvalue weighted by atomic mass is 19.4. The van der Waals surface area contributed by atoms with Crippen LogP contribution in [0.25, 0.3) is 11.1 Å². The fourth-order valence-corrected chi connectivity index (χ4v) is 1.70. The molecule has 0 saturated carbocycles. The zero-order chi connectivity index (χ0) is 14.2. The maximum atomic E-state index is 13.1. The van der Waals surface area contributed by atoms with Gasteiger partial charge in [0.25, 0.3) is 5.76 Å². The minimum absolute atomic E-state index is 0.0844. The summed E-state index contributed by atoms with van der Waals surface area (Å²) in [6, 6.07) is 4.84. The number of benzene rings is 1. The highest BCUT2D eigenvalue weighted by Crippen LogP contribution is 2.47. The van der Waals surface area contributed by atoms with Crippen molar-refractivity contribution in [3.05, 3.63) is 35.8 Å². The lowest BCUT2D eigenvalue weighted by Crippen LogP contribution is -2.02. The highest BCUT2D eigenvalue weighted by molar-refractivity contribution is 5.81. The molecular weight excluding hydrogens is 266 g/mol. The van der Waals surface area contributed by atoms with Gasteiger partial charge in [0.05, 0.1) is 5.56 Å². The van der Waals surface area contributed by atoms with E-state index < -0.39 is 23.5 Å². The Morgan fingerprint density at radius 3 is 2.47 bits per heavy atom. The molecule has 19 heavy (non-hydrogen) atoms. The standard InChI is InChI=1S/C12H9F4NO2/c1-17-11-8(6-3-2-4-7(13)5-6)9(18)10(19-11)12(14,15)16/h2-5,17-18H,1H3. The van der Waals surface area contributed by atoms with Crippen LogP contribution in [-0.2, 0) is 6.18 Å². The smallest absolute Gasteiger partial charge is 0.453 e. The second-order valence-corrected chi connectivity index (χ2v) is 3.74. The molecule has 0 bridgehead atoms. The van der Waals surface area contributed by atoms with Crippen LogP contribution in [0.4, 0.5) is 23.4 Å². The molecule has 1 aromatic carbocycles. The Hall–Kier alpha value is -2.18. The number of furan rings is 1. The first kappa shape index (κ1) is 13.3. The maximum Gasteiger partial charge on any atom is 0.453 e. The largest absolute Gasteiger partial charge is 0.504 e. The Bertz CT molecular complexity index is 604. The second-order valence-electron chi connectivity index (χ2n) is 3.74. The summed E-state index contributed by atoms with van der Waals surface area (Å²) in [5, 5.41) is 12.0. The van der Waals surface area contributed by atoms with E-state index >= 15 is 0 Å². The number of hydrogen-bond acceptors (Lipinski definition) is 3. The van der Waals surface area contributed by atoms with Crippen LogP contribution >= 0.6 is 0 Å². The van der Waals surface area contributed by atoms with Gasteiger partial charge >= 0.3 is 6.18 Å². The lowest BCUT2D eigenvalue weighted by molar-refractivity contribution is -0.153. The molecule has 0 unspecified atom stereocenters. The van der Waals surface area contributed by atoms with Crippen LogP contribution in [0.2, 0.25) is 0 Å². The van der Waals surface area contributed by atoms with Gasteiger partial charge in [-0.05, 0) is 17.7 Å². The van der Waals surface area contributed by atoms with Crippen LogP contribution in [0.1, 0.15) is 5.76 Å². The zero-order valence-electron chi connectivity index (χ0n) is 9.68. The fourth-order valence-electron chi connectivity index (χ4n) is 1.70. The summed E-state index contributed by atoms with van der Waals surface area (Å²) in [6.45, 7) is 0. The summed E-state index contributed by atoms with van der Waals surface area (Å²) in [4.78, 5) is 0. The van der Waals surface area contributed by atoms with E-state index in [0.29, 0.717) is 0 Å². The van der Waals surface area contributed by atoms with E-state index in [9.17, 15) is 22.7 Å². The number of halogens is 4. The fraction of sp³-hybridized carbons (Fsp3) is 0.167. The van der Waals surface area contributed by atoms with Crippen LogP contribution in [0.5, 0.6) is 5.75 Å². The summed E-state index contributed by atoms with van der Waals surface area (Å²) < 4.78 is 55.5. The summed E-state index contributed by atoms with van der Waals surface area (Å²) in [7, 11) is 1.33. The Morgan fingerprint density at radius 1 is 1.26 bits per heavy atom. The summed E-state index contributed by atoms with van der Waals surface area (Å²) in [5.41, 5.74) is -0.143. The average molecular weight is 275 g/mol. The molecule has 102 valence electrons. The third-order valence-corrected chi connectivity index (χ3v) is 2.48. The van der Waals surface area contributed by atoms with Gasteiger partial charge in [0.1, 0.15) is 5.82 Å². The highest BCUT2D eigenvalue weighted by Gasteiger charge is 2.41. The molecule has 0 aliphatic rings. The normalized spacial score (nSPS) is 11.6. The summed E-state index contributed by atoms with van der Waals surface area (Å²) in [5.74, 6) is -3.50. The number of rotatable bonds is 2. The Kier molecular flexibility index (Phi) is 3.13. The molecule has 0 radical (unpaired) electrons. The van der Waals surface area contributed by atoms with Gasteiger partial charge in [-0.1, -0.05) is 12.1 Å². The van der Waals surface area contributed by atoms with Crippen LogP contribution in [0, 0.1) is 5.82 Å². The van der Waals surface area contributed by atoms with E-state index in [2.05, 4.69) is 9.73 Å². The Labute approximate surface area is 105 Å². The van der Waals surface area contributed by atoms with Crippen molar-refractivity contribution in [2.75, 3.05) is 12.4 Å². The molecule has 7 heteroatoms. The summed E-state index contributed by atoms with van der Waals surface area (Å²) in [6.07, 6.45) is -4.83. The van der Waals surface area contributed by atoms with Crippen molar-refractivity contribution >= 4 is 5.88 Å². The van der Waals surface area contributed by atoms with Gasteiger partial charge in [-0.15, -0.1) is 0 Å². The number of hydrogen-bond donors (Lipinski definition) is 2. The number of nitrogens with one attached hydrogen (secondary N) is 1. The first-order chi connectivity index (χ1) is 8.84. The van der Waals surface area contributed by atoms with E-state index in [1.807, 2.05) is 0 Å². The van der Waals surface area contributed by atoms with Gasteiger partial charge in [-0.25, -0.2) is 4.39 Å². The maximum absolute atomic E-state index is 13.1. The van der Waals surface area contributed by atoms with Gasteiger partial charge in [-0.3, -0.25) is 0 Å². The molecule has 1 heterocycles. The van der Waals surface area contributed by atoms with Crippen molar-refractivity contribution in [3.63, 3.8) is 0 Å². The molecule has 3 nitrogen and oxygen atoms in total. The molecule has 0 fully saturated rings. The van der Waals surface area contributed by atoms with Gasteiger partial charge in [0.15, 0.2) is 5.75 Å². The molecule has 2 aromatic rings. The van der Waals surface area contributed by atoms with Crippen LogP contribution in [0.15, 0.2) is 28.7 Å². The molecule has 0 amide bonds. The van der Waals surface area contributed by atoms with Crippen molar-refractivity contribution in [3.8, 4) is 16.9 Å². The Balaban J connectivity index is 2.66. The predicted octanol–water partition coefficient (Wildman–Crippen LogP) is 3.85. The molecule has 0 atom stereocenters. The minimum atomic E-state index is -4.83. The van der Waals surface area contributed by atoms with Crippen molar-refractivity contribution < 1.29 is 27.1 Å². The first-order valence-electron chi connectivity index (χ1n) is 5.21. The lowest BCUT2D eigenvalue weighted by atomic mass is 10.1. The molecule has 0 spiro atoms. The van der Waals surface area contributed by atoms with E-state index in [0.717, 1.165) is 12.1 Å². The van der Waals surface area contributed by atoms with Crippen molar-refractivity contribution in [2.24, 2.45) is 0 Å². The van der Waals surface area contributed by atoms with Crippen LogP contribution in [-0.4, -0.2) is 12.2 Å². The van der Waals surface area contributed by atoms with Crippen LogP contribution in [0.3, 0.4) is 0 Å². The topological polar surface area (TPSA) is 45.4 Å². The predicted molar refractivity (Wildman–Crippen MR) is 60.3 cm³/mol. The van der Waals surface area contributed by atoms with Crippen molar-refractivity contribution in [1.29, 1.82) is 0 Å². The van der Waals surface area contributed by atoms with E-state index in [1.54, 1.807) is 0 Å². The van der Waals surface area contributed by atoms with Crippen molar-refractivity contribution in [2.45, 2.75) is 6.18 Å². The molecular formula is C12H9F4NO2. The number of anilines is 1. The second kappa shape index (κ2) is 4.49. The van der Waals surface area contributed by atoms with Crippen molar-refractivity contribution in [1.82, 2.24) is 0 Å². The lowest BCUT2D eigenvalue weighted by Gasteiger charge is -2.03. The number of alkyl halides is 3. The molecule has 0 saturated heterocycles. The van der Waals surface area contributed by atoms with Gasteiger partial charge < -0.3 is 14.8 Å². The SMILES string of the molecule is CNc1oc(C(F)(F)F)c(O)c1-c1cccc(F)c1. The monoisotopic (exact) mass is 275 g/mol. The van der Waals surface area contributed by atoms with Crippen LogP contribution < -0.4 is 5.32 Å². The van der Waals surface area contributed by atoms with Gasteiger partial charge in [-0.2, -0.15) is 13.2 Å². The van der Waals surface area contributed by atoms with Gasteiger partial charge in [0.2, 0.25) is 5.88 Å². The molecule has 2 rings (SSSR count). The Morgan fingerprint density at radius 2 is 1.95 bits per heavy atom.